The number of aliphatic hydroxyl groups excluding tert-OH is 1. The van der Waals surface area contributed by atoms with E-state index in [2.05, 4.69) is 24.3 Å². The Hall–Kier alpha value is -1.06. The molecule has 1 aromatic rings. The molecule has 1 saturated heterocycles. The molecule has 3 nitrogen and oxygen atoms in total. The number of nitrogens with one attached hydrogen (secondary N) is 1. The molecule has 27 heavy (non-hydrogen) atoms. The van der Waals surface area contributed by atoms with Gasteiger partial charge in [0.25, 0.3) is 0 Å². The van der Waals surface area contributed by atoms with Crippen LogP contribution in [0, 0.1) is 17.8 Å². The van der Waals surface area contributed by atoms with E-state index in [1.165, 1.54) is 75.8 Å². The summed E-state index contributed by atoms with van der Waals surface area (Å²) in [5.41, 5.74) is 2.01. The lowest BCUT2D eigenvalue weighted by molar-refractivity contribution is -0.908. The zero-order chi connectivity index (χ0) is 18.3. The van der Waals surface area contributed by atoms with Crippen molar-refractivity contribution < 1.29 is 14.7 Å². The van der Waals surface area contributed by atoms with Crippen molar-refractivity contribution in [1.82, 2.24) is 0 Å². The summed E-state index contributed by atoms with van der Waals surface area (Å²) < 4.78 is 5.92. The number of rotatable bonds is 6. The number of hydrogen-bond acceptors (Lipinski definition) is 2. The van der Waals surface area contributed by atoms with Crippen molar-refractivity contribution >= 4 is 0 Å². The summed E-state index contributed by atoms with van der Waals surface area (Å²) in [6.45, 7) is 3.65. The van der Waals surface area contributed by atoms with Gasteiger partial charge < -0.3 is 14.7 Å². The first-order valence-electron chi connectivity index (χ1n) is 11.4. The second-order valence-corrected chi connectivity index (χ2v) is 10.2. The van der Waals surface area contributed by atoms with Crippen LogP contribution in [0.4, 0.5) is 0 Å². The van der Waals surface area contributed by atoms with Gasteiger partial charge in [0.2, 0.25) is 0 Å². The van der Waals surface area contributed by atoms with E-state index in [4.69, 9.17) is 4.74 Å². The maximum absolute atomic E-state index is 10.3. The zero-order valence-corrected chi connectivity index (χ0v) is 16.7. The van der Waals surface area contributed by atoms with Crippen LogP contribution in [0.2, 0.25) is 0 Å². The Bertz CT molecular complexity index is 599. The number of benzene rings is 1. The third-order valence-electron chi connectivity index (χ3n) is 8.03. The van der Waals surface area contributed by atoms with Gasteiger partial charge >= 0.3 is 0 Å². The molecule has 0 aromatic heterocycles. The van der Waals surface area contributed by atoms with Crippen LogP contribution < -0.4 is 9.64 Å². The third-order valence-corrected chi connectivity index (χ3v) is 8.03. The topological polar surface area (TPSA) is 33.9 Å². The SMILES string of the molecule is O[C@@H](COc1ccc(C23CC4CC(CC(C4)C2)C3)cc1)C[NH+]1CCCCC1. The quantitative estimate of drug-likeness (QED) is 0.807. The second kappa shape index (κ2) is 7.40. The fourth-order valence-electron chi connectivity index (χ4n) is 7.21. The Balaban J connectivity index is 1.17. The number of quaternary nitrogens is 1. The first kappa shape index (κ1) is 18.0. The normalized spacial score (nSPS) is 36.7. The molecule has 0 unspecified atom stereocenters. The summed E-state index contributed by atoms with van der Waals surface area (Å²) in [6, 6.07) is 8.94. The van der Waals surface area contributed by atoms with Gasteiger partial charge in [0.05, 0.1) is 13.1 Å². The molecule has 6 rings (SSSR count). The van der Waals surface area contributed by atoms with Gasteiger partial charge in [-0.25, -0.2) is 0 Å². The molecule has 1 heterocycles. The Morgan fingerprint density at radius 3 is 2.11 bits per heavy atom. The van der Waals surface area contributed by atoms with Gasteiger partial charge in [0.15, 0.2) is 0 Å². The maximum atomic E-state index is 10.3. The van der Waals surface area contributed by atoms with Gasteiger partial charge in [-0.15, -0.1) is 0 Å². The molecular formula is C24H36NO2+. The fourth-order valence-corrected chi connectivity index (χ4v) is 7.21. The maximum Gasteiger partial charge on any atom is 0.137 e. The van der Waals surface area contributed by atoms with Crippen molar-refractivity contribution in [3.05, 3.63) is 29.8 Å². The second-order valence-electron chi connectivity index (χ2n) is 10.2. The van der Waals surface area contributed by atoms with Gasteiger partial charge in [-0.05, 0) is 98.7 Å². The monoisotopic (exact) mass is 370 g/mol. The van der Waals surface area contributed by atoms with Crippen molar-refractivity contribution in [2.45, 2.75) is 69.3 Å². The molecule has 0 amide bonds. The van der Waals surface area contributed by atoms with Crippen LogP contribution in [-0.4, -0.2) is 37.5 Å². The van der Waals surface area contributed by atoms with E-state index in [0.29, 0.717) is 12.0 Å². The molecule has 1 aromatic carbocycles. The van der Waals surface area contributed by atoms with E-state index >= 15 is 0 Å². The minimum atomic E-state index is -0.360. The number of hydrogen-bond donors (Lipinski definition) is 2. The number of likely N-dealkylation sites (tertiary alicyclic amines) is 1. The van der Waals surface area contributed by atoms with E-state index in [-0.39, 0.29) is 6.10 Å². The molecule has 4 saturated carbocycles. The number of piperidine rings is 1. The molecule has 148 valence electrons. The minimum Gasteiger partial charge on any atom is -0.491 e. The predicted octanol–water partition coefficient (Wildman–Crippen LogP) is 2.96. The molecule has 5 fully saturated rings. The summed E-state index contributed by atoms with van der Waals surface area (Å²) in [7, 11) is 0. The van der Waals surface area contributed by atoms with E-state index in [9.17, 15) is 5.11 Å². The van der Waals surface area contributed by atoms with Gasteiger partial charge in [0, 0.05) is 0 Å². The van der Waals surface area contributed by atoms with Gasteiger partial charge in [-0.1, -0.05) is 12.1 Å². The molecular weight excluding hydrogens is 334 g/mol. The lowest BCUT2D eigenvalue weighted by Crippen LogP contribution is -3.14. The molecule has 3 heteroatoms. The molecule has 1 aliphatic heterocycles. The lowest BCUT2D eigenvalue weighted by Gasteiger charge is -2.57. The van der Waals surface area contributed by atoms with Crippen molar-refractivity contribution in [2.75, 3.05) is 26.2 Å². The highest BCUT2D eigenvalue weighted by Crippen LogP contribution is 2.60. The third kappa shape index (κ3) is 3.78. The largest absolute Gasteiger partial charge is 0.491 e. The minimum absolute atomic E-state index is 0.360. The zero-order valence-electron chi connectivity index (χ0n) is 16.7. The predicted molar refractivity (Wildman–Crippen MR) is 107 cm³/mol. The van der Waals surface area contributed by atoms with Crippen LogP contribution in [0.3, 0.4) is 0 Å². The van der Waals surface area contributed by atoms with E-state index in [0.717, 1.165) is 30.0 Å². The Morgan fingerprint density at radius 2 is 1.52 bits per heavy atom. The summed E-state index contributed by atoms with van der Waals surface area (Å²) >= 11 is 0. The molecule has 1 atom stereocenters. The summed E-state index contributed by atoms with van der Waals surface area (Å²) in [5.74, 6) is 3.87. The van der Waals surface area contributed by atoms with Crippen molar-refractivity contribution in [3.63, 3.8) is 0 Å². The van der Waals surface area contributed by atoms with Gasteiger partial charge in [-0.3, -0.25) is 0 Å². The highest BCUT2D eigenvalue weighted by atomic mass is 16.5. The Labute approximate surface area is 164 Å². The highest BCUT2D eigenvalue weighted by molar-refractivity contribution is 5.34. The van der Waals surface area contributed by atoms with E-state index < -0.39 is 0 Å². The average molecular weight is 371 g/mol. The highest BCUT2D eigenvalue weighted by Gasteiger charge is 2.51. The summed E-state index contributed by atoms with van der Waals surface area (Å²) in [5, 5.41) is 10.3. The molecule has 4 aliphatic carbocycles. The van der Waals surface area contributed by atoms with Crippen molar-refractivity contribution in [1.29, 1.82) is 0 Å². The average Bonchev–Trinajstić information content (AvgIpc) is 2.66. The van der Waals surface area contributed by atoms with E-state index in [1.54, 1.807) is 5.56 Å². The van der Waals surface area contributed by atoms with Crippen LogP contribution in [0.15, 0.2) is 24.3 Å². The van der Waals surface area contributed by atoms with Crippen molar-refractivity contribution in [2.24, 2.45) is 17.8 Å². The van der Waals surface area contributed by atoms with Crippen LogP contribution in [0.1, 0.15) is 63.4 Å². The molecule has 0 radical (unpaired) electrons. The number of aliphatic hydroxyl groups is 1. The van der Waals surface area contributed by atoms with Crippen molar-refractivity contribution in [3.8, 4) is 5.75 Å². The van der Waals surface area contributed by atoms with E-state index in [1.807, 2.05) is 0 Å². The molecule has 5 aliphatic rings. The first-order chi connectivity index (χ1) is 13.2. The molecule has 0 spiro atoms. The standard InChI is InChI=1S/C24H35NO2/c26-22(16-25-8-2-1-3-9-25)17-27-23-6-4-21(5-7-23)24-13-18-10-19(14-24)12-20(11-18)15-24/h4-7,18-20,22,26H,1-3,8-17H2/p+1/t18?,19?,20?,22-,24?/m1/s1. The fraction of sp³-hybridized carbons (Fsp3) is 0.750. The Kier molecular flexibility index (Phi) is 4.94. The Morgan fingerprint density at radius 1 is 0.926 bits per heavy atom. The smallest absolute Gasteiger partial charge is 0.137 e. The van der Waals surface area contributed by atoms with Gasteiger partial charge in [0.1, 0.15) is 25.0 Å². The number of ether oxygens (including phenoxy) is 1. The first-order valence-corrected chi connectivity index (χ1v) is 11.4. The molecule has 2 N–H and O–H groups in total. The van der Waals surface area contributed by atoms with Gasteiger partial charge in [-0.2, -0.15) is 0 Å². The van der Waals surface area contributed by atoms with Crippen LogP contribution in [0.5, 0.6) is 5.75 Å². The van der Waals surface area contributed by atoms with Crippen LogP contribution in [0.25, 0.3) is 0 Å². The van der Waals surface area contributed by atoms with Crippen LogP contribution >= 0.6 is 0 Å². The van der Waals surface area contributed by atoms with Crippen LogP contribution in [-0.2, 0) is 5.41 Å². The summed E-state index contributed by atoms with van der Waals surface area (Å²) in [6.07, 6.45) is 12.3. The molecule has 4 bridgehead atoms. The lowest BCUT2D eigenvalue weighted by atomic mass is 9.48. The summed E-state index contributed by atoms with van der Waals surface area (Å²) in [4.78, 5) is 1.54.